The second-order valence-corrected chi connectivity index (χ2v) is 5.89. The number of carbonyl (C=O) groups excluding carboxylic acids is 1. The van der Waals surface area contributed by atoms with Gasteiger partial charge in [-0.05, 0) is 12.1 Å². The van der Waals surface area contributed by atoms with E-state index in [1.165, 1.54) is 0 Å². The summed E-state index contributed by atoms with van der Waals surface area (Å²) >= 11 is 0. The highest BCUT2D eigenvalue weighted by atomic mass is 32.2. The Hall–Kier alpha value is -1.54. The highest BCUT2D eigenvalue weighted by molar-refractivity contribution is 7.85. The molecule has 0 amide bonds. The van der Waals surface area contributed by atoms with E-state index in [0.717, 1.165) is 11.2 Å². The van der Waals surface area contributed by atoms with Gasteiger partial charge in [0.25, 0.3) is 10.1 Å². The molecule has 1 rings (SSSR count). The number of benzene rings is 1. The molecule has 0 atom stereocenters. The van der Waals surface area contributed by atoms with Crippen molar-refractivity contribution in [3.63, 3.8) is 0 Å². The summed E-state index contributed by atoms with van der Waals surface area (Å²) in [6.45, 7) is -0.369. The van der Waals surface area contributed by atoms with Gasteiger partial charge in [-0.15, -0.1) is 0 Å². The Kier molecular flexibility index (Phi) is 4.96. The lowest BCUT2D eigenvalue weighted by Crippen LogP contribution is -2.21. The second kappa shape index (κ2) is 6.07. The maximum Gasteiger partial charge on any atom is 0.338 e. The third-order valence-electron chi connectivity index (χ3n) is 2.49. The van der Waals surface area contributed by atoms with E-state index in [4.69, 9.17) is 9.29 Å². The SMILES string of the molecule is Bc1cc(C(=O)OCCS(=O)(=O)O)ccc1N(C)C. The second-order valence-electron chi connectivity index (χ2n) is 4.32. The van der Waals surface area contributed by atoms with E-state index in [-0.39, 0.29) is 6.61 Å². The van der Waals surface area contributed by atoms with Crippen molar-refractivity contribution in [2.45, 2.75) is 0 Å². The maximum atomic E-state index is 11.7. The zero-order valence-electron chi connectivity index (χ0n) is 11.1. The monoisotopic (exact) mass is 285 g/mol. The standard InChI is InChI=1S/C11H16BNO5S/c1-13(2)10-4-3-8(7-9(10)12)11(14)18-5-6-19(15,16)17/h3-4,7H,5-6,12H2,1-2H3,(H,15,16,17). The third kappa shape index (κ3) is 4.92. The summed E-state index contributed by atoms with van der Waals surface area (Å²) in [5.41, 5.74) is 2.24. The van der Waals surface area contributed by atoms with E-state index >= 15 is 0 Å². The molecule has 0 unspecified atom stereocenters. The maximum absolute atomic E-state index is 11.7. The van der Waals surface area contributed by atoms with Crippen molar-refractivity contribution in [1.82, 2.24) is 0 Å². The van der Waals surface area contributed by atoms with Crippen molar-refractivity contribution in [2.75, 3.05) is 31.4 Å². The highest BCUT2D eigenvalue weighted by Crippen LogP contribution is 2.10. The predicted octanol–water partition coefficient (Wildman–Crippen LogP) is -0.944. The van der Waals surface area contributed by atoms with Crippen LogP contribution in [-0.2, 0) is 14.9 Å². The lowest BCUT2D eigenvalue weighted by molar-refractivity contribution is 0.0528. The van der Waals surface area contributed by atoms with E-state index < -0.39 is 21.8 Å². The van der Waals surface area contributed by atoms with Crippen molar-refractivity contribution < 1.29 is 22.5 Å². The molecule has 0 spiro atoms. The van der Waals surface area contributed by atoms with E-state index in [2.05, 4.69) is 0 Å². The number of nitrogens with zero attached hydrogens (tertiary/aromatic N) is 1. The van der Waals surface area contributed by atoms with Gasteiger partial charge in [0.2, 0.25) is 0 Å². The van der Waals surface area contributed by atoms with Crippen LogP contribution in [0, 0.1) is 0 Å². The highest BCUT2D eigenvalue weighted by Gasteiger charge is 2.11. The predicted molar refractivity (Wildman–Crippen MR) is 75.6 cm³/mol. The normalized spacial score (nSPS) is 11.1. The van der Waals surface area contributed by atoms with Crippen LogP contribution in [0.2, 0.25) is 0 Å². The molecule has 6 nitrogen and oxygen atoms in total. The van der Waals surface area contributed by atoms with Crippen molar-refractivity contribution in [2.24, 2.45) is 0 Å². The first-order valence-corrected chi connectivity index (χ1v) is 7.22. The summed E-state index contributed by atoms with van der Waals surface area (Å²) in [5.74, 6) is -1.22. The van der Waals surface area contributed by atoms with Crippen LogP contribution < -0.4 is 10.4 Å². The molecule has 0 aliphatic heterocycles. The molecule has 1 aromatic carbocycles. The molecule has 1 N–H and O–H groups in total. The summed E-state index contributed by atoms with van der Waals surface area (Å²) in [7, 11) is 1.54. The molecule has 0 radical (unpaired) electrons. The fourth-order valence-corrected chi connectivity index (χ4v) is 1.90. The Morgan fingerprint density at radius 3 is 2.53 bits per heavy atom. The zero-order valence-corrected chi connectivity index (χ0v) is 11.9. The zero-order chi connectivity index (χ0) is 14.6. The van der Waals surface area contributed by atoms with Crippen LogP contribution in [0.25, 0.3) is 0 Å². The number of ether oxygens (including phenoxy) is 1. The first-order valence-electron chi connectivity index (χ1n) is 5.61. The van der Waals surface area contributed by atoms with E-state index in [1.54, 1.807) is 18.2 Å². The summed E-state index contributed by atoms with van der Waals surface area (Å²) in [6.07, 6.45) is 0. The van der Waals surface area contributed by atoms with Gasteiger partial charge >= 0.3 is 5.97 Å². The van der Waals surface area contributed by atoms with Crippen LogP contribution in [0.5, 0.6) is 0 Å². The fourth-order valence-electron chi connectivity index (χ4n) is 1.61. The van der Waals surface area contributed by atoms with Gasteiger partial charge in [-0.3, -0.25) is 4.55 Å². The van der Waals surface area contributed by atoms with Gasteiger partial charge in [0, 0.05) is 19.8 Å². The van der Waals surface area contributed by atoms with Crippen LogP contribution in [0.4, 0.5) is 5.69 Å². The van der Waals surface area contributed by atoms with E-state index in [9.17, 15) is 13.2 Å². The Morgan fingerprint density at radius 1 is 1.42 bits per heavy atom. The van der Waals surface area contributed by atoms with Crippen LogP contribution in [0.3, 0.4) is 0 Å². The molecular formula is C11H16BNO5S. The van der Waals surface area contributed by atoms with Crippen molar-refractivity contribution >= 4 is 35.1 Å². The van der Waals surface area contributed by atoms with Gasteiger partial charge in [0.1, 0.15) is 20.2 Å². The molecule has 0 bridgehead atoms. The summed E-state index contributed by atoms with van der Waals surface area (Å²) < 4.78 is 34.2. The summed E-state index contributed by atoms with van der Waals surface area (Å²) in [6, 6.07) is 5.07. The largest absolute Gasteiger partial charge is 0.461 e. The van der Waals surface area contributed by atoms with Gasteiger partial charge in [0.05, 0.1) is 5.56 Å². The minimum atomic E-state index is -4.11. The van der Waals surface area contributed by atoms with E-state index in [0.29, 0.717) is 5.56 Å². The summed E-state index contributed by atoms with van der Waals surface area (Å²) in [4.78, 5) is 13.6. The molecule has 19 heavy (non-hydrogen) atoms. The molecule has 0 aliphatic carbocycles. The van der Waals surface area contributed by atoms with Gasteiger partial charge in [0.15, 0.2) is 0 Å². The quantitative estimate of drug-likeness (QED) is 0.427. The molecule has 0 fully saturated rings. The third-order valence-corrected chi connectivity index (χ3v) is 3.17. The Bertz CT molecular complexity index is 570. The van der Waals surface area contributed by atoms with E-state index in [1.807, 2.05) is 26.8 Å². The number of rotatable bonds is 5. The molecule has 0 aromatic heterocycles. The topological polar surface area (TPSA) is 83.9 Å². The molecule has 1 aromatic rings. The number of carbonyl (C=O) groups is 1. The Morgan fingerprint density at radius 2 is 2.05 bits per heavy atom. The number of anilines is 1. The number of esters is 1. The minimum Gasteiger partial charge on any atom is -0.461 e. The molecule has 8 heteroatoms. The Labute approximate surface area is 113 Å². The average molecular weight is 285 g/mol. The molecular weight excluding hydrogens is 269 g/mol. The molecule has 0 saturated carbocycles. The van der Waals surface area contributed by atoms with Crippen LogP contribution in [0.15, 0.2) is 18.2 Å². The smallest absolute Gasteiger partial charge is 0.338 e. The van der Waals surface area contributed by atoms with Gasteiger partial charge in [-0.1, -0.05) is 11.5 Å². The molecule has 104 valence electrons. The van der Waals surface area contributed by atoms with Gasteiger partial charge in [-0.2, -0.15) is 8.42 Å². The van der Waals surface area contributed by atoms with Crippen molar-refractivity contribution in [3.8, 4) is 0 Å². The summed E-state index contributed by atoms with van der Waals surface area (Å²) in [5, 5.41) is 0. The van der Waals surface area contributed by atoms with Gasteiger partial charge in [-0.25, -0.2) is 4.79 Å². The van der Waals surface area contributed by atoms with Gasteiger partial charge < -0.3 is 9.64 Å². The number of hydrogen-bond donors (Lipinski definition) is 1. The number of hydrogen-bond acceptors (Lipinski definition) is 5. The van der Waals surface area contributed by atoms with Crippen LogP contribution in [0.1, 0.15) is 10.4 Å². The Balaban J connectivity index is 2.71. The fraction of sp³-hybridized carbons (Fsp3) is 0.364. The molecule has 0 saturated heterocycles. The van der Waals surface area contributed by atoms with Crippen LogP contribution >= 0.6 is 0 Å². The first-order chi connectivity index (χ1) is 8.70. The van der Waals surface area contributed by atoms with Crippen molar-refractivity contribution in [3.05, 3.63) is 23.8 Å². The average Bonchev–Trinajstić information content (AvgIpc) is 2.26. The van der Waals surface area contributed by atoms with Crippen LogP contribution in [-0.4, -0.2) is 53.2 Å². The minimum absolute atomic E-state index is 0.346. The molecule has 0 heterocycles. The first kappa shape index (κ1) is 15.5. The van der Waals surface area contributed by atoms with Crippen molar-refractivity contribution in [1.29, 1.82) is 0 Å². The molecule has 0 aliphatic rings. The lowest BCUT2D eigenvalue weighted by atomic mass is 9.91. The lowest BCUT2D eigenvalue weighted by Gasteiger charge is -2.16.